The Morgan fingerprint density at radius 2 is 2.00 bits per heavy atom. The van der Waals surface area contributed by atoms with E-state index in [1.54, 1.807) is 18.0 Å². The minimum atomic E-state index is -0.559. The minimum absolute atomic E-state index is 0.0675. The highest BCUT2D eigenvalue weighted by Crippen LogP contribution is 2.31. The highest BCUT2D eigenvalue weighted by molar-refractivity contribution is 5.86. The minimum Gasteiger partial charge on any atom is -0.443 e. The van der Waals surface area contributed by atoms with Crippen LogP contribution < -0.4 is 4.90 Å². The monoisotopic (exact) mass is 375 g/mol. The molecule has 0 aliphatic carbocycles. The average molecular weight is 376 g/mol. The van der Waals surface area contributed by atoms with Gasteiger partial charge in [-0.05, 0) is 57.6 Å². The molecule has 1 aromatic heterocycles. The van der Waals surface area contributed by atoms with Crippen molar-refractivity contribution in [1.82, 2.24) is 9.88 Å². The molecular weight excluding hydrogens is 342 g/mol. The molecule has 0 N–H and O–H groups in total. The first kappa shape index (κ1) is 21.2. The number of carbonyl (C=O) groups excluding carboxylic acids is 2. The number of amides is 2. The summed E-state index contributed by atoms with van der Waals surface area (Å²) in [6, 6.07) is 3.90. The summed E-state index contributed by atoms with van der Waals surface area (Å²) in [6.45, 7) is 12.6. The second-order valence-electron chi connectivity index (χ2n) is 8.66. The number of pyridine rings is 1. The van der Waals surface area contributed by atoms with Crippen LogP contribution in [-0.2, 0) is 9.53 Å². The predicted octanol–water partition coefficient (Wildman–Crippen LogP) is 4.55. The fourth-order valence-corrected chi connectivity index (χ4v) is 3.35. The van der Waals surface area contributed by atoms with Crippen LogP contribution in [-0.4, -0.2) is 40.6 Å². The van der Waals surface area contributed by atoms with E-state index in [1.165, 1.54) is 0 Å². The van der Waals surface area contributed by atoms with E-state index in [1.807, 2.05) is 37.8 Å². The zero-order chi connectivity index (χ0) is 20.2. The molecule has 6 heteroatoms. The number of anilines is 1. The third-order valence-electron chi connectivity index (χ3n) is 4.50. The maximum Gasteiger partial charge on any atom is 0.416 e. The smallest absolute Gasteiger partial charge is 0.416 e. The third kappa shape index (κ3) is 5.94. The zero-order valence-corrected chi connectivity index (χ0v) is 17.5. The lowest BCUT2D eigenvalue weighted by Gasteiger charge is -2.35. The van der Waals surface area contributed by atoms with E-state index >= 15 is 0 Å². The molecule has 27 heavy (non-hydrogen) atoms. The zero-order valence-electron chi connectivity index (χ0n) is 17.5. The van der Waals surface area contributed by atoms with Crippen molar-refractivity contribution in [3.05, 3.63) is 23.9 Å². The predicted molar refractivity (Wildman–Crippen MR) is 107 cm³/mol. The second kappa shape index (κ2) is 8.72. The molecule has 0 bridgehead atoms. The van der Waals surface area contributed by atoms with Crippen molar-refractivity contribution in [2.24, 2.45) is 5.92 Å². The van der Waals surface area contributed by atoms with Gasteiger partial charge in [0.25, 0.3) is 0 Å². The summed E-state index contributed by atoms with van der Waals surface area (Å²) < 4.78 is 5.54. The van der Waals surface area contributed by atoms with Gasteiger partial charge in [0.2, 0.25) is 5.91 Å². The first-order chi connectivity index (χ1) is 12.6. The first-order valence-electron chi connectivity index (χ1n) is 9.82. The van der Waals surface area contributed by atoms with Crippen molar-refractivity contribution < 1.29 is 14.3 Å². The van der Waals surface area contributed by atoms with E-state index in [4.69, 9.17) is 4.74 Å². The van der Waals surface area contributed by atoms with Crippen LogP contribution in [0.4, 0.5) is 10.6 Å². The van der Waals surface area contributed by atoms with E-state index in [2.05, 4.69) is 18.8 Å². The SMILES string of the molecule is CC(=O)N1CCCC[C@H]1c1ccc(N(CC(C)C)C(=O)OC(C)(C)C)nc1. The summed E-state index contributed by atoms with van der Waals surface area (Å²) in [5, 5.41) is 0. The van der Waals surface area contributed by atoms with Crippen LogP contribution in [0.5, 0.6) is 0 Å². The van der Waals surface area contributed by atoms with Crippen molar-refractivity contribution in [3.8, 4) is 0 Å². The van der Waals surface area contributed by atoms with Crippen LogP contribution in [0.15, 0.2) is 18.3 Å². The molecule has 1 fully saturated rings. The van der Waals surface area contributed by atoms with Gasteiger partial charge >= 0.3 is 6.09 Å². The van der Waals surface area contributed by atoms with Gasteiger partial charge in [-0.3, -0.25) is 9.69 Å². The summed E-state index contributed by atoms with van der Waals surface area (Å²) in [7, 11) is 0. The largest absolute Gasteiger partial charge is 0.443 e. The Morgan fingerprint density at radius 1 is 1.30 bits per heavy atom. The van der Waals surface area contributed by atoms with Gasteiger partial charge in [0.05, 0.1) is 6.04 Å². The number of hydrogen-bond donors (Lipinski definition) is 0. The van der Waals surface area contributed by atoms with Gasteiger partial charge in [-0.25, -0.2) is 9.78 Å². The molecule has 1 aliphatic heterocycles. The molecule has 0 radical (unpaired) electrons. The summed E-state index contributed by atoms with van der Waals surface area (Å²) in [5.41, 5.74) is 0.457. The van der Waals surface area contributed by atoms with E-state index in [9.17, 15) is 9.59 Å². The van der Waals surface area contributed by atoms with Gasteiger partial charge in [0.1, 0.15) is 11.4 Å². The maximum atomic E-state index is 12.6. The number of aromatic nitrogens is 1. The van der Waals surface area contributed by atoms with Crippen molar-refractivity contribution in [2.75, 3.05) is 18.0 Å². The summed E-state index contributed by atoms with van der Waals surface area (Å²) in [4.78, 5) is 32.6. The quantitative estimate of drug-likeness (QED) is 0.774. The van der Waals surface area contributed by atoms with E-state index in [-0.39, 0.29) is 24.0 Å². The molecule has 0 aromatic carbocycles. The molecule has 6 nitrogen and oxygen atoms in total. The van der Waals surface area contributed by atoms with Gasteiger partial charge in [0.15, 0.2) is 0 Å². The number of rotatable bonds is 4. The molecule has 0 saturated carbocycles. The lowest BCUT2D eigenvalue weighted by Crippen LogP contribution is -2.39. The molecule has 2 amide bonds. The van der Waals surface area contributed by atoms with Crippen LogP contribution in [0.25, 0.3) is 0 Å². The van der Waals surface area contributed by atoms with Gasteiger partial charge in [-0.2, -0.15) is 0 Å². The Hall–Kier alpha value is -2.11. The summed E-state index contributed by atoms with van der Waals surface area (Å²) in [5.74, 6) is 0.955. The van der Waals surface area contributed by atoms with Crippen LogP contribution in [0.2, 0.25) is 0 Å². The topological polar surface area (TPSA) is 62.7 Å². The number of nitrogens with zero attached hydrogens (tertiary/aromatic N) is 3. The second-order valence-corrected chi connectivity index (χ2v) is 8.66. The molecule has 2 rings (SSSR count). The van der Waals surface area contributed by atoms with Crippen LogP contribution in [0.3, 0.4) is 0 Å². The molecule has 1 aromatic rings. The molecule has 1 saturated heterocycles. The van der Waals surface area contributed by atoms with Crippen LogP contribution >= 0.6 is 0 Å². The van der Waals surface area contributed by atoms with Crippen molar-refractivity contribution in [3.63, 3.8) is 0 Å². The Balaban J connectivity index is 2.23. The Morgan fingerprint density at radius 3 is 2.52 bits per heavy atom. The third-order valence-corrected chi connectivity index (χ3v) is 4.50. The summed E-state index contributed by atoms with van der Waals surface area (Å²) in [6.07, 6.45) is 4.50. The lowest BCUT2D eigenvalue weighted by atomic mass is 9.96. The molecule has 150 valence electrons. The Bertz CT molecular complexity index is 650. The van der Waals surface area contributed by atoms with E-state index in [0.717, 1.165) is 31.4 Å². The average Bonchev–Trinajstić information content (AvgIpc) is 2.58. The number of hydrogen-bond acceptors (Lipinski definition) is 4. The first-order valence-corrected chi connectivity index (χ1v) is 9.82. The van der Waals surface area contributed by atoms with Crippen molar-refractivity contribution in [1.29, 1.82) is 0 Å². The van der Waals surface area contributed by atoms with Crippen molar-refractivity contribution >= 4 is 17.8 Å². The molecule has 2 heterocycles. The van der Waals surface area contributed by atoms with Crippen molar-refractivity contribution in [2.45, 2.75) is 72.4 Å². The summed E-state index contributed by atoms with van der Waals surface area (Å²) >= 11 is 0. The Kier molecular flexibility index (Phi) is 6.84. The number of ether oxygens (including phenoxy) is 1. The molecule has 1 aliphatic rings. The standard InChI is InChI=1S/C21H33N3O3/c1-15(2)14-24(20(26)27-21(4,5)6)19-11-10-17(13-22-19)18-9-7-8-12-23(18)16(3)25/h10-11,13,15,18H,7-9,12,14H2,1-6H3/t18-/m0/s1. The van der Waals surface area contributed by atoms with Gasteiger partial charge in [0, 0.05) is 26.2 Å². The van der Waals surface area contributed by atoms with E-state index in [0.29, 0.717) is 12.4 Å². The maximum absolute atomic E-state index is 12.6. The van der Waals surface area contributed by atoms with Gasteiger partial charge < -0.3 is 9.64 Å². The fraction of sp³-hybridized carbons (Fsp3) is 0.667. The van der Waals surface area contributed by atoms with Gasteiger partial charge in [-0.15, -0.1) is 0 Å². The van der Waals surface area contributed by atoms with E-state index < -0.39 is 5.60 Å². The highest BCUT2D eigenvalue weighted by Gasteiger charge is 2.28. The molecule has 0 spiro atoms. The van der Waals surface area contributed by atoms with Crippen LogP contribution in [0.1, 0.15) is 72.4 Å². The number of carbonyl (C=O) groups is 2. The Labute approximate surface area is 162 Å². The highest BCUT2D eigenvalue weighted by atomic mass is 16.6. The van der Waals surface area contributed by atoms with Crippen LogP contribution in [0, 0.1) is 5.92 Å². The molecular formula is C21H33N3O3. The number of likely N-dealkylation sites (tertiary alicyclic amines) is 1. The molecule has 0 unspecified atom stereocenters. The lowest BCUT2D eigenvalue weighted by molar-refractivity contribution is -0.132. The fourth-order valence-electron chi connectivity index (χ4n) is 3.35. The van der Waals surface area contributed by atoms with Gasteiger partial charge in [-0.1, -0.05) is 19.9 Å². The normalized spacial score (nSPS) is 17.7. The number of piperidine rings is 1. The molecule has 1 atom stereocenters.